The van der Waals surface area contributed by atoms with Gasteiger partial charge in [0.15, 0.2) is 27.3 Å². The van der Waals surface area contributed by atoms with Crippen molar-refractivity contribution < 1.29 is 28.4 Å². The molecular formula is C38H39O6S+. The second kappa shape index (κ2) is 16.0. The molecule has 0 N–H and O–H groups in total. The second-order valence-corrected chi connectivity index (χ2v) is 12.0. The fraction of sp³-hybridized carbons (Fsp3) is 0.211. The van der Waals surface area contributed by atoms with Crippen molar-refractivity contribution in [3.05, 3.63) is 127 Å². The van der Waals surface area contributed by atoms with Crippen LogP contribution in [0.5, 0.6) is 34.5 Å². The van der Waals surface area contributed by atoms with Crippen LogP contribution in [0.4, 0.5) is 0 Å². The molecule has 0 spiro atoms. The summed E-state index contributed by atoms with van der Waals surface area (Å²) in [6.45, 7) is 8.85. The van der Waals surface area contributed by atoms with Gasteiger partial charge in [-0.3, -0.25) is 0 Å². The molecule has 5 rings (SSSR count). The maximum absolute atomic E-state index is 6.13. The molecule has 0 saturated carbocycles. The Morgan fingerprint density at radius 3 is 1.09 bits per heavy atom. The van der Waals surface area contributed by atoms with Gasteiger partial charge < -0.3 is 28.4 Å². The third-order valence-electron chi connectivity index (χ3n) is 6.62. The maximum atomic E-state index is 6.13. The Balaban J connectivity index is 1.27. The van der Waals surface area contributed by atoms with Gasteiger partial charge in [0.1, 0.15) is 34.5 Å². The normalized spacial score (nSPS) is 13.0. The van der Waals surface area contributed by atoms with Gasteiger partial charge >= 0.3 is 0 Å². The van der Waals surface area contributed by atoms with Crippen LogP contribution in [-0.4, -0.2) is 25.8 Å². The van der Waals surface area contributed by atoms with E-state index in [-0.39, 0.29) is 23.5 Å². The molecule has 0 aliphatic carbocycles. The van der Waals surface area contributed by atoms with Crippen molar-refractivity contribution in [2.24, 2.45) is 0 Å². The minimum Gasteiger partial charge on any atom is -0.465 e. The SMILES string of the molecule is CCOC(C)Oc1ccc(Oc2ccc([S+](c3ccccc3)c3ccc(Oc4ccc(OC(C)OCC)cc4)cc3)cc2)cc1. The molecule has 0 aromatic heterocycles. The summed E-state index contributed by atoms with van der Waals surface area (Å²) in [4.78, 5) is 3.61. The predicted octanol–water partition coefficient (Wildman–Crippen LogP) is 9.89. The molecule has 0 fully saturated rings. The summed E-state index contributed by atoms with van der Waals surface area (Å²) in [6, 6.07) is 42.2. The molecular weight excluding hydrogens is 584 g/mol. The van der Waals surface area contributed by atoms with Crippen molar-refractivity contribution in [3.8, 4) is 34.5 Å². The summed E-state index contributed by atoms with van der Waals surface area (Å²) >= 11 is 0. The minimum absolute atomic E-state index is 0.301. The van der Waals surface area contributed by atoms with E-state index in [1.807, 2.05) is 107 Å². The highest BCUT2D eigenvalue weighted by atomic mass is 32.2. The zero-order valence-corrected chi connectivity index (χ0v) is 26.9. The lowest BCUT2D eigenvalue weighted by atomic mass is 10.3. The van der Waals surface area contributed by atoms with Crippen LogP contribution in [0.1, 0.15) is 27.7 Å². The van der Waals surface area contributed by atoms with Gasteiger partial charge in [0.25, 0.3) is 0 Å². The quantitative estimate of drug-likeness (QED) is 0.0855. The van der Waals surface area contributed by atoms with Gasteiger partial charge in [-0.05, 0) is 137 Å². The van der Waals surface area contributed by atoms with Gasteiger partial charge in [-0.1, -0.05) is 18.2 Å². The lowest BCUT2D eigenvalue weighted by molar-refractivity contribution is -0.0616. The van der Waals surface area contributed by atoms with Crippen LogP contribution in [0.2, 0.25) is 0 Å². The van der Waals surface area contributed by atoms with Crippen molar-refractivity contribution in [2.45, 2.75) is 55.0 Å². The van der Waals surface area contributed by atoms with Gasteiger partial charge in [-0.2, -0.15) is 0 Å². The Hall–Kier alpha value is -4.43. The molecule has 5 aromatic rings. The molecule has 0 aliphatic heterocycles. The van der Waals surface area contributed by atoms with Gasteiger partial charge in [0, 0.05) is 13.2 Å². The highest BCUT2D eigenvalue weighted by Crippen LogP contribution is 2.35. The fourth-order valence-electron chi connectivity index (χ4n) is 4.62. The molecule has 0 bridgehead atoms. The van der Waals surface area contributed by atoms with Crippen molar-refractivity contribution in [1.29, 1.82) is 0 Å². The van der Waals surface area contributed by atoms with Crippen LogP contribution in [0.25, 0.3) is 0 Å². The summed E-state index contributed by atoms with van der Waals surface area (Å²) in [5, 5.41) is 0. The first kappa shape index (κ1) is 32.0. The van der Waals surface area contributed by atoms with Gasteiger partial charge in [0.05, 0.1) is 10.9 Å². The third kappa shape index (κ3) is 9.28. The van der Waals surface area contributed by atoms with E-state index in [4.69, 9.17) is 28.4 Å². The number of rotatable bonds is 15. The Labute approximate surface area is 268 Å². The molecule has 45 heavy (non-hydrogen) atoms. The Morgan fingerprint density at radius 2 is 0.733 bits per heavy atom. The first-order valence-electron chi connectivity index (χ1n) is 15.1. The minimum atomic E-state index is -0.314. The van der Waals surface area contributed by atoms with E-state index >= 15 is 0 Å². The standard InChI is InChI=1S/C38H39O6S/c1-5-39-28(3)41-30-12-16-32(17-13-30)43-34-20-24-37(25-21-34)45(36-10-8-7-9-11-36)38-26-22-35(23-27-38)44-33-18-14-31(15-19-33)42-29(4)40-6-2/h7-29H,5-6H2,1-4H3/q+1. The van der Waals surface area contributed by atoms with Crippen LogP contribution >= 0.6 is 0 Å². The van der Waals surface area contributed by atoms with Crippen molar-refractivity contribution in [2.75, 3.05) is 13.2 Å². The summed E-state index contributed by atoms with van der Waals surface area (Å²) in [7, 11) is -0.314. The Morgan fingerprint density at radius 1 is 0.422 bits per heavy atom. The van der Waals surface area contributed by atoms with Crippen LogP contribution in [-0.2, 0) is 20.4 Å². The highest BCUT2D eigenvalue weighted by molar-refractivity contribution is 7.97. The second-order valence-electron chi connectivity index (χ2n) is 9.99. The van der Waals surface area contributed by atoms with E-state index in [1.54, 1.807) is 0 Å². The average molecular weight is 624 g/mol. The summed E-state index contributed by atoms with van der Waals surface area (Å²) in [6.07, 6.45) is -0.603. The molecule has 0 saturated heterocycles. The third-order valence-corrected chi connectivity index (χ3v) is 8.85. The largest absolute Gasteiger partial charge is 0.465 e. The highest BCUT2D eigenvalue weighted by Gasteiger charge is 2.28. The first-order chi connectivity index (χ1) is 22.0. The van der Waals surface area contributed by atoms with E-state index in [0.717, 1.165) is 34.5 Å². The molecule has 0 radical (unpaired) electrons. The fourth-order valence-corrected chi connectivity index (χ4v) is 6.68. The summed E-state index contributed by atoms with van der Waals surface area (Å²) in [5.74, 6) is 4.46. The summed E-state index contributed by atoms with van der Waals surface area (Å²) in [5.41, 5.74) is 0. The van der Waals surface area contributed by atoms with E-state index in [0.29, 0.717) is 13.2 Å². The predicted molar refractivity (Wildman–Crippen MR) is 178 cm³/mol. The van der Waals surface area contributed by atoms with Crippen LogP contribution in [0.15, 0.2) is 142 Å². The van der Waals surface area contributed by atoms with E-state index in [1.165, 1.54) is 14.7 Å². The van der Waals surface area contributed by atoms with Gasteiger partial charge in [-0.15, -0.1) is 0 Å². The lowest BCUT2D eigenvalue weighted by Gasteiger charge is -2.14. The molecule has 0 aliphatic rings. The molecule has 5 aromatic carbocycles. The zero-order chi connectivity index (χ0) is 31.4. The first-order valence-corrected chi connectivity index (χ1v) is 16.3. The van der Waals surface area contributed by atoms with Crippen molar-refractivity contribution in [1.82, 2.24) is 0 Å². The number of hydrogen-bond donors (Lipinski definition) is 0. The monoisotopic (exact) mass is 623 g/mol. The molecule has 2 atom stereocenters. The maximum Gasteiger partial charge on any atom is 0.196 e. The van der Waals surface area contributed by atoms with Crippen LogP contribution in [0.3, 0.4) is 0 Å². The number of benzene rings is 5. The van der Waals surface area contributed by atoms with Crippen molar-refractivity contribution in [3.63, 3.8) is 0 Å². The molecule has 0 heterocycles. The molecule has 0 amide bonds. The Bertz CT molecular complexity index is 1470. The average Bonchev–Trinajstić information content (AvgIpc) is 3.05. The van der Waals surface area contributed by atoms with Crippen molar-refractivity contribution >= 4 is 10.9 Å². The lowest BCUT2D eigenvalue weighted by Crippen LogP contribution is -2.15. The Kier molecular flexibility index (Phi) is 11.4. The zero-order valence-electron chi connectivity index (χ0n) is 26.1. The molecule has 232 valence electrons. The smallest absolute Gasteiger partial charge is 0.196 e. The number of hydrogen-bond acceptors (Lipinski definition) is 6. The van der Waals surface area contributed by atoms with Crippen LogP contribution in [0, 0.1) is 0 Å². The van der Waals surface area contributed by atoms with Gasteiger partial charge in [0.2, 0.25) is 0 Å². The molecule has 6 nitrogen and oxygen atoms in total. The van der Waals surface area contributed by atoms with E-state index < -0.39 is 0 Å². The molecule has 2 unspecified atom stereocenters. The topological polar surface area (TPSA) is 55.4 Å². The van der Waals surface area contributed by atoms with E-state index in [9.17, 15) is 0 Å². The van der Waals surface area contributed by atoms with Gasteiger partial charge in [-0.25, -0.2) is 0 Å². The summed E-state index contributed by atoms with van der Waals surface area (Å²) < 4.78 is 34.7. The van der Waals surface area contributed by atoms with Crippen LogP contribution < -0.4 is 18.9 Å². The number of ether oxygens (including phenoxy) is 6. The van der Waals surface area contributed by atoms with E-state index in [2.05, 4.69) is 48.5 Å². The molecule has 7 heteroatoms.